The van der Waals surface area contributed by atoms with Gasteiger partial charge in [0.05, 0.1) is 0 Å². The summed E-state index contributed by atoms with van der Waals surface area (Å²) in [5.74, 6) is 1.11. The highest BCUT2D eigenvalue weighted by Gasteiger charge is 2.42. The van der Waals surface area contributed by atoms with Gasteiger partial charge in [-0.1, -0.05) is 40.5 Å². The normalized spacial score (nSPS) is 29.0. The zero-order valence-corrected chi connectivity index (χ0v) is 14.6. The molecule has 0 unspecified atom stereocenters. The first-order chi connectivity index (χ1) is 9.72. The molecule has 0 aromatic rings. The van der Waals surface area contributed by atoms with Crippen LogP contribution >= 0.6 is 0 Å². The third-order valence-electron chi connectivity index (χ3n) is 5.20. The van der Waals surface area contributed by atoms with Crippen LogP contribution in [0.15, 0.2) is 0 Å². The molecule has 0 saturated heterocycles. The number of hydrogen-bond acceptors (Lipinski definition) is 3. The van der Waals surface area contributed by atoms with Crippen LogP contribution in [0.1, 0.15) is 73.6 Å². The van der Waals surface area contributed by atoms with E-state index in [0.29, 0.717) is 24.2 Å². The Balaban J connectivity index is 2.84. The highest BCUT2D eigenvalue weighted by atomic mass is 16.5. The van der Waals surface area contributed by atoms with Crippen LogP contribution in [0.3, 0.4) is 0 Å². The molecule has 4 atom stereocenters. The fourth-order valence-electron chi connectivity index (χ4n) is 3.44. The van der Waals surface area contributed by atoms with Gasteiger partial charge in [0.25, 0.3) is 0 Å². The van der Waals surface area contributed by atoms with Gasteiger partial charge in [-0.25, -0.2) is 0 Å². The molecule has 122 valence electrons. The summed E-state index contributed by atoms with van der Waals surface area (Å²) in [5.41, 5.74) is -0.975. The Hall–Kier alpha value is -0.860. The van der Waals surface area contributed by atoms with Crippen molar-refractivity contribution in [3.8, 4) is 0 Å². The molecule has 1 saturated carbocycles. The lowest BCUT2D eigenvalue weighted by atomic mass is 9.75. The molecule has 0 amide bonds. The number of ketones is 1. The van der Waals surface area contributed by atoms with E-state index in [0.717, 1.165) is 19.3 Å². The maximum absolute atomic E-state index is 12.6. The van der Waals surface area contributed by atoms with Crippen LogP contribution in [0, 0.1) is 23.2 Å². The Morgan fingerprint density at radius 2 is 1.90 bits per heavy atom. The van der Waals surface area contributed by atoms with Crippen molar-refractivity contribution in [1.29, 1.82) is 0 Å². The molecule has 21 heavy (non-hydrogen) atoms. The Kier molecular flexibility index (Phi) is 6.42. The molecular formula is C18H32O3. The van der Waals surface area contributed by atoms with Gasteiger partial charge in [0.15, 0.2) is 0 Å². The molecule has 1 rings (SSSR count). The Morgan fingerprint density at radius 1 is 1.29 bits per heavy atom. The predicted octanol–water partition coefficient (Wildman–Crippen LogP) is 4.39. The Labute approximate surface area is 129 Å². The van der Waals surface area contributed by atoms with Gasteiger partial charge in [-0.3, -0.25) is 9.59 Å². The molecule has 0 aromatic heterocycles. The topological polar surface area (TPSA) is 43.4 Å². The van der Waals surface area contributed by atoms with Crippen LogP contribution in [0.5, 0.6) is 0 Å². The lowest BCUT2D eigenvalue weighted by Crippen LogP contribution is -2.42. The molecule has 0 aromatic carbocycles. The van der Waals surface area contributed by atoms with Gasteiger partial charge >= 0.3 is 5.97 Å². The minimum atomic E-state index is -0.975. The second-order valence-electron chi connectivity index (χ2n) is 7.41. The van der Waals surface area contributed by atoms with E-state index in [1.165, 1.54) is 13.3 Å². The van der Waals surface area contributed by atoms with Crippen LogP contribution in [0.2, 0.25) is 0 Å². The molecule has 1 fully saturated rings. The molecule has 0 N–H and O–H groups in total. The van der Waals surface area contributed by atoms with E-state index in [1.807, 2.05) is 6.92 Å². The van der Waals surface area contributed by atoms with Crippen LogP contribution in [-0.4, -0.2) is 17.9 Å². The summed E-state index contributed by atoms with van der Waals surface area (Å²) in [7, 11) is 0. The molecule has 0 spiro atoms. The van der Waals surface area contributed by atoms with E-state index >= 15 is 0 Å². The minimum Gasteiger partial charge on any atom is -0.461 e. The van der Waals surface area contributed by atoms with Gasteiger partial charge in [-0.2, -0.15) is 0 Å². The number of esters is 1. The average molecular weight is 296 g/mol. The SMILES string of the molecule is CCC[C@](C)(C(C)=O)C(=O)O[C@@H]1C[C@H](C)CC[C@@H]1C(C)C. The Morgan fingerprint density at radius 3 is 2.38 bits per heavy atom. The van der Waals surface area contributed by atoms with Crippen molar-refractivity contribution in [2.75, 3.05) is 0 Å². The maximum Gasteiger partial charge on any atom is 0.319 e. The monoisotopic (exact) mass is 296 g/mol. The lowest BCUT2D eigenvalue weighted by molar-refractivity contribution is -0.170. The van der Waals surface area contributed by atoms with E-state index in [4.69, 9.17) is 4.74 Å². The lowest BCUT2D eigenvalue weighted by Gasteiger charge is -2.38. The second kappa shape index (κ2) is 7.42. The first kappa shape index (κ1) is 18.2. The van der Waals surface area contributed by atoms with Crippen molar-refractivity contribution in [1.82, 2.24) is 0 Å². The highest BCUT2D eigenvalue weighted by Crippen LogP contribution is 2.37. The van der Waals surface area contributed by atoms with Gasteiger partial charge < -0.3 is 4.74 Å². The summed E-state index contributed by atoms with van der Waals surface area (Å²) in [6.07, 6.45) is 4.58. The summed E-state index contributed by atoms with van der Waals surface area (Å²) in [6.45, 7) is 11.8. The van der Waals surface area contributed by atoms with Gasteiger partial charge in [-0.15, -0.1) is 0 Å². The van der Waals surface area contributed by atoms with E-state index in [-0.39, 0.29) is 17.9 Å². The van der Waals surface area contributed by atoms with E-state index < -0.39 is 5.41 Å². The molecule has 0 heterocycles. The fraction of sp³-hybridized carbons (Fsp3) is 0.889. The van der Waals surface area contributed by atoms with E-state index in [2.05, 4.69) is 20.8 Å². The first-order valence-electron chi connectivity index (χ1n) is 8.44. The van der Waals surface area contributed by atoms with Gasteiger partial charge in [0.1, 0.15) is 17.3 Å². The van der Waals surface area contributed by atoms with Gasteiger partial charge in [0.2, 0.25) is 0 Å². The molecule has 1 aliphatic carbocycles. The number of Topliss-reactive ketones (excluding diaryl/α,β-unsaturated/α-hetero) is 1. The quantitative estimate of drug-likeness (QED) is 0.539. The van der Waals surface area contributed by atoms with Crippen molar-refractivity contribution in [2.45, 2.75) is 79.8 Å². The van der Waals surface area contributed by atoms with Crippen molar-refractivity contribution >= 4 is 11.8 Å². The van der Waals surface area contributed by atoms with Gasteiger partial charge in [-0.05, 0) is 50.9 Å². The number of ether oxygens (including phenoxy) is 1. The van der Waals surface area contributed by atoms with Crippen molar-refractivity contribution in [2.24, 2.45) is 23.2 Å². The van der Waals surface area contributed by atoms with Crippen molar-refractivity contribution in [3.05, 3.63) is 0 Å². The first-order valence-corrected chi connectivity index (χ1v) is 8.44. The molecule has 1 aliphatic rings. The maximum atomic E-state index is 12.6. The standard InChI is InChI=1S/C18H32O3/c1-7-10-18(6,14(5)19)17(20)21-16-11-13(4)8-9-15(16)12(2)3/h12-13,15-16H,7-11H2,1-6H3/t13-,15-,16-,18-/m1/s1. The number of carbonyl (C=O) groups excluding carboxylic acids is 2. The zero-order valence-electron chi connectivity index (χ0n) is 14.6. The molecule has 0 aliphatic heterocycles. The second-order valence-corrected chi connectivity index (χ2v) is 7.41. The average Bonchev–Trinajstić information content (AvgIpc) is 2.38. The summed E-state index contributed by atoms with van der Waals surface area (Å²) in [6, 6.07) is 0. The van der Waals surface area contributed by atoms with Gasteiger partial charge in [0, 0.05) is 0 Å². The number of hydrogen-bond donors (Lipinski definition) is 0. The molecule has 0 bridgehead atoms. The van der Waals surface area contributed by atoms with Crippen LogP contribution in [-0.2, 0) is 14.3 Å². The summed E-state index contributed by atoms with van der Waals surface area (Å²) < 4.78 is 5.85. The van der Waals surface area contributed by atoms with Crippen LogP contribution in [0.4, 0.5) is 0 Å². The third kappa shape index (κ3) is 4.31. The van der Waals surface area contributed by atoms with Crippen molar-refractivity contribution < 1.29 is 14.3 Å². The van der Waals surface area contributed by atoms with Crippen LogP contribution in [0.25, 0.3) is 0 Å². The Bertz CT molecular complexity index is 375. The highest BCUT2D eigenvalue weighted by molar-refractivity contribution is 6.02. The predicted molar refractivity (Wildman–Crippen MR) is 84.9 cm³/mol. The number of carbonyl (C=O) groups is 2. The minimum absolute atomic E-state index is 0.0308. The zero-order chi connectivity index (χ0) is 16.2. The van der Waals surface area contributed by atoms with Crippen molar-refractivity contribution in [3.63, 3.8) is 0 Å². The fourth-order valence-corrected chi connectivity index (χ4v) is 3.44. The smallest absolute Gasteiger partial charge is 0.319 e. The summed E-state index contributed by atoms with van der Waals surface area (Å²) >= 11 is 0. The largest absolute Gasteiger partial charge is 0.461 e. The van der Waals surface area contributed by atoms with E-state index in [1.54, 1.807) is 6.92 Å². The summed E-state index contributed by atoms with van der Waals surface area (Å²) in [5, 5.41) is 0. The van der Waals surface area contributed by atoms with E-state index in [9.17, 15) is 9.59 Å². The molecule has 3 heteroatoms. The number of rotatable bonds is 6. The molecular weight excluding hydrogens is 264 g/mol. The third-order valence-corrected chi connectivity index (χ3v) is 5.20. The molecule has 3 nitrogen and oxygen atoms in total. The molecule has 0 radical (unpaired) electrons. The summed E-state index contributed by atoms with van der Waals surface area (Å²) in [4.78, 5) is 24.5. The van der Waals surface area contributed by atoms with Crippen LogP contribution < -0.4 is 0 Å².